The maximum absolute atomic E-state index is 12.7. The van der Waals surface area contributed by atoms with Crippen molar-refractivity contribution < 1.29 is 9.53 Å². The number of aromatic nitrogens is 4. The van der Waals surface area contributed by atoms with Crippen molar-refractivity contribution in [3.8, 4) is 5.69 Å². The fourth-order valence-corrected chi connectivity index (χ4v) is 3.01. The van der Waals surface area contributed by atoms with Crippen LogP contribution in [0, 0.1) is 13.8 Å². The highest BCUT2D eigenvalue weighted by molar-refractivity contribution is 5.88. The molecule has 1 aliphatic rings. The number of carbonyl (C=O) groups is 1. The van der Waals surface area contributed by atoms with Gasteiger partial charge in [0.05, 0.1) is 11.9 Å². The molecule has 0 spiro atoms. The summed E-state index contributed by atoms with van der Waals surface area (Å²) >= 11 is 0. The second-order valence-electron chi connectivity index (χ2n) is 6.46. The number of nitrogens with one attached hydrogen (secondary N) is 1. The fourth-order valence-electron chi connectivity index (χ4n) is 3.01. The summed E-state index contributed by atoms with van der Waals surface area (Å²) in [6, 6.07) is 5.93. The highest BCUT2D eigenvalue weighted by Crippen LogP contribution is 2.17. The van der Waals surface area contributed by atoms with E-state index >= 15 is 0 Å². The Kier molecular flexibility index (Phi) is 4.04. The normalized spacial score (nSPS) is 16.9. The molecule has 0 aliphatic carbocycles. The van der Waals surface area contributed by atoms with Crippen molar-refractivity contribution in [3.63, 3.8) is 0 Å². The summed E-state index contributed by atoms with van der Waals surface area (Å²) in [7, 11) is 0. The van der Waals surface area contributed by atoms with Crippen LogP contribution in [-0.2, 0) is 9.53 Å². The summed E-state index contributed by atoms with van der Waals surface area (Å²) < 4.78 is 8.04. The van der Waals surface area contributed by atoms with Crippen LogP contribution >= 0.6 is 0 Å². The summed E-state index contributed by atoms with van der Waals surface area (Å²) in [6.45, 7) is 4.62. The van der Waals surface area contributed by atoms with Gasteiger partial charge in [-0.1, -0.05) is 6.07 Å². The number of carbonyl (C=O) groups excluding carboxylic acids is 1. The highest BCUT2D eigenvalue weighted by Gasteiger charge is 2.24. The molecule has 1 N–H and O–H groups in total. The lowest BCUT2D eigenvalue weighted by Gasteiger charge is -2.12. The topological polar surface area (TPSA) is 91.0 Å². The largest absolute Gasteiger partial charge is 0.368 e. The molecule has 1 fully saturated rings. The van der Waals surface area contributed by atoms with Crippen LogP contribution in [0.2, 0.25) is 0 Å². The number of nitrogens with zero attached hydrogens (tertiary/aromatic N) is 4. The van der Waals surface area contributed by atoms with Crippen LogP contribution in [0.4, 0.5) is 0 Å². The van der Waals surface area contributed by atoms with Gasteiger partial charge < -0.3 is 4.74 Å². The van der Waals surface area contributed by atoms with E-state index in [-0.39, 0.29) is 11.5 Å². The summed E-state index contributed by atoms with van der Waals surface area (Å²) in [5, 5.41) is 4.63. The molecule has 0 bridgehead atoms. The Morgan fingerprint density at radius 2 is 2.15 bits per heavy atom. The van der Waals surface area contributed by atoms with Crippen molar-refractivity contribution in [2.24, 2.45) is 0 Å². The van der Waals surface area contributed by atoms with E-state index in [2.05, 4.69) is 15.5 Å². The minimum Gasteiger partial charge on any atom is -0.368 e. The molecule has 0 radical (unpaired) electrons. The molecule has 1 saturated heterocycles. The van der Waals surface area contributed by atoms with Gasteiger partial charge >= 0.3 is 0 Å². The number of ether oxygens (including phenoxy) is 1. The molecular weight excluding hydrogens is 334 g/mol. The van der Waals surface area contributed by atoms with E-state index in [0.29, 0.717) is 24.1 Å². The van der Waals surface area contributed by atoms with Gasteiger partial charge in [0.1, 0.15) is 17.8 Å². The standard InChI is InChI=1S/C18H19N5O3/c1-11-5-6-13(8-12(11)2)23-16-14(9-20-23)18(25)22(10-19-16)21-17(24)15-4-3-7-26-15/h5-6,8-10,15H,3-4,7H2,1-2H3,(H,21,24)/t15-/m0/s1. The van der Waals surface area contributed by atoms with Gasteiger partial charge in [0.15, 0.2) is 5.65 Å². The number of aryl methyl sites for hydroxylation is 2. The molecule has 134 valence electrons. The molecule has 3 aromatic rings. The minimum absolute atomic E-state index is 0.332. The number of fused-ring (bicyclic) bond motifs is 1. The van der Waals surface area contributed by atoms with Crippen LogP contribution in [0.3, 0.4) is 0 Å². The molecule has 1 atom stereocenters. The van der Waals surface area contributed by atoms with Gasteiger partial charge in [-0.15, -0.1) is 0 Å². The Balaban J connectivity index is 1.70. The zero-order valence-electron chi connectivity index (χ0n) is 14.6. The van der Waals surface area contributed by atoms with Crippen molar-refractivity contribution in [3.05, 3.63) is 52.2 Å². The molecular formula is C18H19N5O3. The maximum atomic E-state index is 12.7. The first-order valence-corrected chi connectivity index (χ1v) is 8.50. The van der Waals surface area contributed by atoms with E-state index in [0.717, 1.165) is 22.3 Å². The maximum Gasteiger partial charge on any atom is 0.283 e. The molecule has 8 nitrogen and oxygen atoms in total. The smallest absolute Gasteiger partial charge is 0.283 e. The van der Waals surface area contributed by atoms with E-state index < -0.39 is 6.10 Å². The summed E-state index contributed by atoms with van der Waals surface area (Å²) in [6.07, 6.45) is 3.75. The average Bonchev–Trinajstić information content (AvgIpc) is 3.29. The molecule has 0 saturated carbocycles. The van der Waals surface area contributed by atoms with Crippen LogP contribution in [-0.4, -0.2) is 38.1 Å². The predicted molar refractivity (Wildman–Crippen MR) is 95.9 cm³/mol. The zero-order valence-corrected chi connectivity index (χ0v) is 14.6. The molecule has 1 aromatic carbocycles. The fraction of sp³-hybridized carbons (Fsp3) is 0.333. The van der Waals surface area contributed by atoms with E-state index in [4.69, 9.17) is 4.74 Å². The summed E-state index contributed by atoms with van der Waals surface area (Å²) in [5.74, 6) is -0.340. The molecule has 26 heavy (non-hydrogen) atoms. The van der Waals surface area contributed by atoms with Gasteiger partial charge in [-0.3, -0.25) is 15.0 Å². The van der Waals surface area contributed by atoms with Gasteiger partial charge in [0.2, 0.25) is 0 Å². The Morgan fingerprint density at radius 1 is 1.31 bits per heavy atom. The third-order valence-corrected chi connectivity index (χ3v) is 4.68. The van der Waals surface area contributed by atoms with Gasteiger partial charge in [-0.25, -0.2) is 14.3 Å². The van der Waals surface area contributed by atoms with Crippen LogP contribution in [0.15, 0.2) is 35.5 Å². The van der Waals surface area contributed by atoms with Crippen molar-refractivity contribution in [1.82, 2.24) is 19.4 Å². The second-order valence-corrected chi connectivity index (χ2v) is 6.46. The number of hydrogen-bond acceptors (Lipinski definition) is 5. The predicted octanol–water partition coefficient (Wildman–Crippen LogP) is 1.45. The van der Waals surface area contributed by atoms with E-state index in [1.807, 2.05) is 32.0 Å². The van der Waals surface area contributed by atoms with Gasteiger partial charge in [-0.05, 0) is 49.9 Å². The molecule has 2 aromatic heterocycles. The van der Waals surface area contributed by atoms with Crippen molar-refractivity contribution >= 4 is 16.9 Å². The monoisotopic (exact) mass is 353 g/mol. The highest BCUT2D eigenvalue weighted by atomic mass is 16.5. The first-order chi connectivity index (χ1) is 12.5. The third-order valence-electron chi connectivity index (χ3n) is 4.68. The minimum atomic E-state index is -0.518. The Hall–Kier alpha value is -3.00. The molecule has 4 rings (SSSR count). The van der Waals surface area contributed by atoms with Crippen molar-refractivity contribution in [2.75, 3.05) is 12.0 Å². The quantitative estimate of drug-likeness (QED) is 0.769. The number of amides is 1. The molecule has 8 heteroatoms. The van der Waals surface area contributed by atoms with Gasteiger partial charge in [-0.2, -0.15) is 5.10 Å². The first-order valence-electron chi connectivity index (χ1n) is 8.50. The summed E-state index contributed by atoms with van der Waals surface area (Å²) in [5.41, 5.74) is 5.75. The van der Waals surface area contributed by atoms with E-state index in [1.165, 1.54) is 18.1 Å². The number of benzene rings is 1. The molecule has 1 aliphatic heterocycles. The lowest BCUT2D eigenvalue weighted by atomic mass is 10.1. The van der Waals surface area contributed by atoms with E-state index in [9.17, 15) is 9.59 Å². The Morgan fingerprint density at radius 3 is 2.88 bits per heavy atom. The average molecular weight is 353 g/mol. The number of rotatable bonds is 3. The first kappa shape index (κ1) is 16.5. The molecule has 3 heterocycles. The van der Waals surface area contributed by atoms with Crippen molar-refractivity contribution in [1.29, 1.82) is 0 Å². The van der Waals surface area contributed by atoms with Crippen LogP contribution < -0.4 is 11.0 Å². The van der Waals surface area contributed by atoms with Crippen LogP contribution in [0.5, 0.6) is 0 Å². The third kappa shape index (κ3) is 2.78. The second kappa shape index (κ2) is 6.38. The lowest BCUT2D eigenvalue weighted by Crippen LogP contribution is -2.38. The van der Waals surface area contributed by atoms with E-state index in [1.54, 1.807) is 4.68 Å². The Labute approximate surface area is 149 Å². The molecule has 0 unspecified atom stereocenters. The lowest BCUT2D eigenvalue weighted by molar-refractivity contribution is -0.125. The van der Waals surface area contributed by atoms with Crippen LogP contribution in [0.1, 0.15) is 24.0 Å². The SMILES string of the molecule is Cc1ccc(-n2ncc3c(=O)n(NC(=O)[C@@H]4CCCO4)cnc32)cc1C. The number of hydrogen-bond donors (Lipinski definition) is 1. The van der Waals surface area contributed by atoms with Gasteiger partial charge in [0.25, 0.3) is 11.5 Å². The van der Waals surface area contributed by atoms with Gasteiger partial charge in [0, 0.05) is 6.61 Å². The molecule has 1 amide bonds. The van der Waals surface area contributed by atoms with Crippen LogP contribution in [0.25, 0.3) is 16.7 Å². The van der Waals surface area contributed by atoms with Crippen molar-refractivity contribution in [2.45, 2.75) is 32.8 Å². The summed E-state index contributed by atoms with van der Waals surface area (Å²) in [4.78, 5) is 29.1. The zero-order chi connectivity index (χ0) is 18.3. The Bertz CT molecular complexity index is 1050.